The summed E-state index contributed by atoms with van der Waals surface area (Å²) in [6.07, 6.45) is 0. The average Bonchev–Trinajstić information content (AvgIpc) is 2.80. The van der Waals surface area contributed by atoms with E-state index in [4.69, 9.17) is 9.97 Å². The fraction of sp³-hybridized carbons (Fsp3) is 0.261. The third-order valence-corrected chi connectivity index (χ3v) is 5.22. The number of hydrogen-bond acceptors (Lipinski definition) is 6. The van der Waals surface area contributed by atoms with Crippen molar-refractivity contribution >= 4 is 17.5 Å². The van der Waals surface area contributed by atoms with E-state index in [9.17, 15) is 5.26 Å². The lowest BCUT2D eigenvalue weighted by atomic mass is 10.1. The molecule has 146 valence electrons. The molecule has 0 bridgehead atoms. The predicted molar refractivity (Wildman–Crippen MR) is 116 cm³/mol. The van der Waals surface area contributed by atoms with Gasteiger partial charge in [0.25, 0.3) is 0 Å². The number of anilines is 3. The number of piperazine rings is 1. The molecule has 1 aliphatic heterocycles. The monoisotopic (exact) mass is 384 g/mol. The minimum atomic E-state index is 0.502. The Hall–Kier alpha value is -3.43. The summed E-state index contributed by atoms with van der Waals surface area (Å²) in [6.45, 7) is 7.20. The van der Waals surface area contributed by atoms with Crippen LogP contribution in [0.15, 0.2) is 60.7 Å². The Morgan fingerprint density at radius 1 is 0.966 bits per heavy atom. The molecule has 6 heteroatoms. The van der Waals surface area contributed by atoms with Gasteiger partial charge in [0.15, 0.2) is 0 Å². The van der Waals surface area contributed by atoms with Gasteiger partial charge in [-0.15, -0.1) is 0 Å². The molecule has 1 fully saturated rings. The highest BCUT2D eigenvalue weighted by Gasteiger charge is 2.19. The van der Waals surface area contributed by atoms with Crippen molar-refractivity contribution in [1.29, 1.82) is 5.26 Å². The molecule has 1 N–H and O–H groups in total. The normalized spacial score (nSPS) is 14.4. The van der Waals surface area contributed by atoms with Crippen LogP contribution in [0.3, 0.4) is 0 Å². The van der Waals surface area contributed by atoms with E-state index in [2.05, 4.69) is 34.2 Å². The number of benzene rings is 2. The molecule has 0 aliphatic carbocycles. The van der Waals surface area contributed by atoms with Gasteiger partial charge < -0.3 is 15.1 Å². The molecule has 0 amide bonds. The van der Waals surface area contributed by atoms with Gasteiger partial charge in [-0.1, -0.05) is 49.4 Å². The number of para-hydroxylation sites is 1. The van der Waals surface area contributed by atoms with Crippen molar-refractivity contribution < 1.29 is 0 Å². The Kier molecular flexibility index (Phi) is 5.68. The first kappa shape index (κ1) is 18.9. The van der Waals surface area contributed by atoms with Crippen LogP contribution in [-0.2, 0) is 0 Å². The van der Waals surface area contributed by atoms with E-state index < -0.39 is 0 Å². The van der Waals surface area contributed by atoms with Gasteiger partial charge in [0.2, 0.25) is 5.95 Å². The van der Waals surface area contributed by atoms with Gasteiger partial charge in [0, 0.05) is 37.8 Å². The van der Waals surface area contributed by atoms with Crippen LogP contribution in [0.5, 0.6) is 0 Å². The van der Waals surface area contributed by atoms with E-state index in [-0.39, 0.29) is 0 Å². The fourth-order valence-corrected chi connectivity index (χ4v) is 3.51. The second-order valence-electron chi connectivity index (χ2n) is 7.00. The van der Waals surface area contributed by atoms with Crippen molar-refractivity contribution in [2.75, 3.05) is 42.9 Å². The van der Waals surface area contributed by atoms with Crippen LogP contribution in [0.1, 0.15) is 12.5 Å². The summed E-state index contributed by atoms with van der Waals surface area (Å²) in [6, 6.07) is 21.8. The third-order valence-electron chi connectivity index (χ3n) is 5.22. The van der Waals surface area contributed by atoms with Crippen molar-refractivity contribution in [3.05, 3.63) is 66.2 Å². The summed E-state index contributed by atoms with van der Waals surface area (Å²) in [4.78, 5) is 14.3. The van der Waals surface area contributed by atoms with Crippen LogP contribution in [0, 0.1) is 11.3 Å². The summed E-state index contributed by atoms with van der Waals surface area (Å²) >= 11 is 0. The van der Waals surface area contributed by atoms with E-state index in [0.717, 1.165) is 49.8 Å². The molecule has 1 saturated heterocycles. The lowest BCUT2D eigenvalue weighted by Crippen LogP contribution is -2.46. The number of hydrogen-bond donors (Lipinski definition) is 1. The Bertz CT molecular complexity index is 1000. The number of rotatable bonds is 5. The molecule has 0 saturated carbocycles. The van der Waals surface area contributed by atoms with Gasteiger partial charge in [-0.05, 0) is 18.7 Å². The number of likely N-dealkylation sites (N-methyl/N-ethyl adjacent to an activating group) is 1. The topological polar surface area (TPSA) is 68.1 Å². The molecule has 6 nitrogen and oxygen atoms in total. The van der Waals surface area contributed by atoms with E-state index >= 15 is 0 Å². The van der Waals surface area contributed by atoms with Gasteiger partial charge in [0.05, 0.1) is 16.9 Å². The number of nitriles is 1. The molecule has 2 heterocycles. The van der Waals surface area contributed by atoms with Crippen LogP contribution < -0.4 is 10.2 Å². The van der Waals surface area contributed by atoms with E-state index in [0.29, 0.717) is 17.2 Å². The lowest BCUT2D eigenvalue weighted by Gasteiger charge is -2.35. The Labute approximate surface area is 171 Å². The minimum absolute atomic E-state index is 0.502. The summed E-state index contributed by atoms with van der Waals surface area (Å²) in [5.74, 6) is 1.41. The highest BCUT2D eigenvalue weighted by Crippen LogP contribution is 2.26. The van der Waals surface area contributed by atoms with Crippen molar-refractivity contribution in [1.82, 2.24) is 14.9 Å². The summed E-state index contributed by atoms with van der Waals surface area (Å²) < 4.78 is 0. The van der Waals surface area contributed by atoms with Crippen molar-refractivity contribution in [2.45, 2.75) is 6.92 Å². The average molecular weight is 384 g/mol. The molecule has 2 aromatic carbocycles. The molecule has 3 aromatic rings. The number of nitrogens with zero attached hydrogens (tertiary/aromatic N) is 5. The third kappa shape index (κ3) is 4.36. The molecule has 0 radical (unpaired) electrons. The first-order valence-corrected chi connectivity index (χ1v) is 9.95. The van der Waals surface area contributed by atoms with Crippen LogP contribution in [0.2, 0.25) is 0 Å². The van der Waals surface area contributed by atoms with Gasteiger partial charge in [-0.25, -0.2) is 4.98 Å². The SMILES string of the molecule is CCN1CCN(c2cc(-c3ccccc3)nc(Nc3ccccc3C#N)n2)CC1. The highest BCUT2D eigenvalue weighted by molar-refractivity contribution is 5.68. The lowest BCUT2D eigenvalue weighted by molar-refractivity contribution is 0.270. The van der Waals surface area contributed by atoms with Crippen LogP contribution >= 0.6 is 0 Å². The maximum Gasteiger partial charge on any atom is 0.229 e. The number of aromatic nitrogens is 2. The van der Waals surface area contributed by atoms with Crippen LogP contribution in [0.25, 0.3) is 11.3 Å². The van der Waals surface area contributed by atoms with E-state index in [1.165, 1.54) is 0 Å². The quantitative estimate of drug-likeness (QED) is 0.720. The molecule has 0 spiro atoms. The first-order valence-electron chi connectivity index (χ1n) is 9.95. The summed E-state index contributed by atoms with van der Waals surface area (Å²) in [7, 11) is 0. The maximum absolute atomic E-state index is 9.39. The van der Waals surface area contributed by atoms with Crippen molar-refractivity contribution in [3.63, 3.8) is 0 Å². The fourth-order valence-electron chi connectivity index (χ4n) is 3.51. The number of nitrogens with one attached hydrogen (secondary N) is 1. The molecule has 1 aromatic heterocycles. The van der Waals surface area contributed by atoms with E-state index in [1.807, 2.05) is 48.5 Å². The second kappa shape index (κ2) is 8.72. The van der Waals surface area contributed by atoms with Crippen LogP contribution in [0.4, 0.5) is 17.5 Å². The highest BCUT2D eigenvalue weighted by atomic mass is 15.3. The molecular weight excluding hydrogens is 360 g/mol. The minimum Gasteiger partial charge on any atom is -0.354 e. The largest absolute Gasteiger partial charge is 0.354 e. The zero-order valence-electron chi connectivity index (χ0n) is 16.5. The van der Waals surface area contributed by atoms with Gasteiger partial charge in [0.1, 0.15) is 11.9 Å². The molecule has 1 aliphatic rings. The second-order valence-corrected chi connectivity index (χ2v) is 7.00. The summed E-state index contributed by atoms with van der Waals surface area (Å²) in [5, 5.41) is 12.6. The zero-order valence-corrected chi connectivity index (χ0v) is 16.5. The molecule has 0 unspecified atom stereocenters. The smallest absolute Gasteiger partial charge is 0.229 e. The van der Waals surface area contributed by atoms with Crippen molar-refractivity contribution in [3.8, 4) is 17.3 Å². The van der Waals surface area contributed by atoms with Gasteiger partial charge >= 0.3 is 0 Å². The molecule has 0 atom stereocenters. The van der Waals surface area contributed by atoms with Gasteiger partial charge in [-0.2, -0.15) is 10.2 Å². The van der Waals surface area contributed by atoms with Crippen LogP contribution in [-0.4, -0.2) is 47.6 Å². The maximum atomic E-state index is 9.39. The zero-order chi connectivity index (χ0) is 20.1. The predicted octanol–water partition coefficient (Wildman–Crippen LogP) is 3.90. The van der Waals surface area contributed by atoms with E-state index in [1.54, 1.807) is 6.07 Å². The molecule has 29 heavy (non-hydrogen) atoms. The summed E-state index contributed by atoms with van der Waals surface area (Å²) in [5.41, 5.74) is 3.19. The van der Waals surface area contributed by atoms with Crippen molar-refractivity contribution in [2.24, 2.45) is 0 Å². The standard InChI is InChI=1S/C23H24N6/c1-2-28-12-14-29(15-13-28)22-16-21(18-8-4-3-5-9-18)26-23(27-22)25-20-11-7-6-10-19(20)17-24/h3-11,16H,2,12-15H2,1H3,(H,25,26,27). The first-order chi connectivity index (χ1) is 14.3. The molecular formula is C23H24N6. The Morgan fingerprint density at radius 2 is 1.69 bits per heavy atom. The Balaban J connectivity index is 1.70. The molecule has 4 rings (SSSR count). The van der Waals surface area contributed by atoms with Gasteiger partial charge in [-0.3, -0.25) is 0 Å². The Morgan fingerprint density at radius 3 is 2.41 bits per heavy atom.